The lowest BCUT2D eigenvalue weighted by Crippen LogP contribution is -2.15. The lowest BCUT2D eigenvalue weighted by atomic mass is 9.99. The molecule has 0 bridgehead atoms. The second-order valence-corrected chi connectivity index (χ2v) is 7.76. The Hall–Kier alpha value is -3.79. The Kier molecular flexibility index (Phi) is 5.63. The number of pyridine rings is 1. The van der Waals surface area contributed by atoms with Crippen molar-refractivity contribution in [3.05, 3.63) is 101 Å². The Balaban J connectivity index is 1.67. The zero-order valence-electron chi connectivity index (χ0n) is 17.8. The molecule has 154 valence electrons. The van der Waals surface area contributed by atoms with Crippen molar-refractivity contribution < 1.29 is 14.3 Å². The van der Waals surface area contributed by atoms with E-state index in [1.165, 1.54) is 0 Å². The molecule has 0 aliphatic carbocycles. The van der Waals surface area contributed by atoms with E-state index in [4.69, 9.17) is 9.72 Å². The summed E-state index contributed by atoms with van der Waals surface area (Å²) >= 11 is 0. The molecule has 0 amide bonds. The Morgan fingerprint density at radius 1 is 0.839 bits per heavy atom. The number of aryl methyl sites for hydroxylation is 3. The minimum Gasteiger partial charge on any atom is -0.454 e. The summed E-state index contributed by atoms with van der Waals surface area (Å²) in [5.41, 5.74) is 6.55. The van der Waals surface area contributed by atoms with Crippen LogP contribution < -0.4 is 0 Å². The Morgan fingerprint density at radius 3 is 2.32 bits per heavy atom. The summed E-state index contributed by atoms with van der Waals surface area (Å²) in [7, 11) is 0. The van der Waals surface area contributed by atoms with Crippen LogP contribution in [0.2, 0.25) is 0 Å². The molecule has 0 aliphatic heterocycles. The van der Waals surface area contributed by atoms with Gasteiger partial charge in [-0.15, -0.1) is 0 Å². The van der Waals surface area contributed by atoms with Crippen LogP contribution in [0.25, 0.3) is 22.2 Å². The zero-order chi connectivity index (χ0) is 22.0. The fraction of sp³-hybridized carbons (Fsp3) is 0.148. The van der Waals surface area contributed by atoms with Gasteiger partial charge in [0.2, 0.25) is 0 Å². The molecule has 0 fully saturated rings. The van der Waals surface area contributed by atoms with Gasteiger partial charge in [-0.1, -0.05) is 65.7 Å². The summed E-state index contributed by atoms with van der Waals surface area (Å²) in [5, 5.41) is 0.698. The molecule has 0 saturated heterocycles. The number of hydrogen-bond donors (Lipinski definition) is 0. The summed E-state index contributed by atoms with van der Waals surface area (Å²) < 4.78 is 5.41. The van der Waals surface area contributed by atoms with E-state index in [-0.39, 0.29) is 12.4 Å². The van der Waals surface area contributed by atoms with Crippen LogP contribution in [0.1, 0.15) is 37.4 Å². The van der Waals surface area contributed by atoms with E-state index >= 15 is 0 Å². The molecule has 3 aromatic carbocycles. The third-order valence-electron chi connectivity index (χ3n) is 5.31. The van der Waals surface area contributed by atoms with Crippen molar-refractivity contribution in [2.45, 2.75) is 20.8 Å². The van der Waals surface area contributed by atoms with Crippen molar-refractivity contribution in [1.29, 1.82) is 0 Å². The number of ether oxygens (including phenoxy) is 1. The van der Waals surface area contributed by atoms with Crippen molar-refractivity contribution in [1.82, 2.24) is 4.98 Å². The number of fused-ring (bicyclic) bond motifs is 1. The smallest absolute Gasteiger partial charge is 0.339 e. The number of hydrogen-bond acceptors (Lipinski definition) is 4. The van der Waals surface area contributed by atoms with Gasteiger partial charge in [0.25, 0.3) is 0 Å². The van der Waals surface area contributed by atoms with Crippen molar-refractivity contribution in [3.63, 3.8) is 0 Å². The normalized spacial score (nSPS) is 10.8. The first kappa shape index (κ1) is 20.5. The molecule has 4 heteroatoms. The molecule has 0 unspecified atom stereocenters. The average molecular weight is 409 g/mol. The van der Waals surface area contributed by atoms with Crippen molar-refractivity contribution >= 4 is 22.7 Å². The number of ketones is 1. The van der Waals surface area contributed by atoms with Crippen molar-refractivity contribution in [3.8, 4) is 11.3 Å². The molecular weight excluding hydrogens is 386 g/mol. The van der Waals surface area contributed by atoms with Crippen LogP contribution in [0.5, 0.6) is 0 Å². The van der Waals surface area contributed by atoms with Crippen LogP contribution >= 0.6 is 0 Å². The van der Waals surface area contributed by atoms with E-state index in [0.717, 1.165) is 22.3 Å². The van der Waals surface area contributed by atoms with Gasteiger partial charge in [0.1, 0.15) is 0 Å². The quantitative estimate of drug-likeness (QED) is 0.306. The summed E-state index contributed by atoms with van der Waals surface area (Å²) in [6, 6.07) is 22.6. The highest BCUT2D eigenvalue weighted by atomic mass is 16.5. The molecule has 0 atom stereocenters. The lowest BCUT2D eigenvalue weighted by Gasteiger charge is -2.12. The van der Waals surface area contributed by atoms with Gasteiger partial charge in [-0.25, -0.2) is 9.78 Å². The van der Waals surface area contributed by atoms with E-state index in [1.807, 2.05) is 69.3 Å². The van der Waals surface area contributed by atoms with Crippen molar-refractivity contribution in [2.75, 3.05) is 6.61 Å². The van der Waals surface area contributed by atoms with Gasteiger partial charge >= 0.3 is 5.97 Å². The second kappa shape index (κ2) is 8.52. The van der Waals surface area contributed by atoms with E-state index in [9.17, 15) is 9.59 Å². The van der Waals surface area contributed by atoms with Crippen LogP contribution in [0.15, 0.2) is 72.8 Å². The number of carbonyl (C=O) groups is 2. The highest BCUT2D eigenvalue weighted by Gasteiger charge is 2.18. The molecule has 4 rings (SSSR count). The van der Waals surface area contributed by atoms with Crippen LogP contribution in [-0.2, 0) is 4.74 Å². The maximum atomic E-state index is 13.0. The van der Waals surface area contributed by atoms with Crippen LogP contribution in [0, 0.1) is 20.8 Å². The van der Waals surface area contributed by atoms with E-state index in [0.29, 0.717) is 27.7 Å². The number of rotatable bonds is 5. The second-order valence-electron chi connectivity index (χ2n) is 7.76. The molecule has 0 spiro atoms. The van der Waals surface area contributed by atoms with Gasteiger partial charge < -0.3 is 4.74 Å². The van der Waals surface area contributed by atoms with E-state index in [1.54, 1.807) is 18.2 Å². The number of nitrogens with zero attached hydrogens (tertiary/aromatic N) is 1. The Morgan fingerprint density at radius 2 is 1.55 bits per heavy atom. The number of Topliss-reactive ketones (excluding diaryl/α,β-unsaturated/α-hetero) is 1. The summed E-state index contributed by atoms with van der Waals surface area (Å²) in [4.78, 5) is 30.2. The number of esters is 1. The highest BCUT2D eigenvalue weighted by Crippen LogP contribution is 2.28. The highest BCUT2D eigenvalue weighted by molar-refractivity contribution is 6.06. The fourth-order valence-electron chi connectivity index (χ4n) is 3.53. The summed E-state index contributed by atoms with van der Waals surface area (Å²) in [6.45, 7) is 5.69. The van der Waals surface area contributed by atoms with E-state index < -0.39 is 5.97 Å². The zero-order valence-corrected chi connectivity index (χ0v) is 17.8. The third-order valence-corrected chi connectivity index (χ3v) is 5.31. The van der Waals surface area contributed by atoms with E-state index in [2.05, 4.69) is 6.07 Å². The Labute approximate surface area is 181 Å². The molecular formula is C27H23NO3. The standard InChI is InChI=1S/C27H23NO3/c1-17-9-12-20(13-10-17)26(29)16-31-27(30)23-15-25(22-14-18(2)8-11-19(22)3)28-24-7-5-4-6-21(23)24/h4-15H,16H2,1-3H3. The van der Waals surface area contributed by atoms with Crippen LogP contribution in [0.3, 0.4) is 0 Å². The summed E-state index contributed by atoms with van der Waals surface area (Å²) in [5.74, 6) is -0.771. The molecule has 0 aliphatic rings. The van der Waals surface area contributed by atoms with Crippen LogP contribution in [0.4, 0.5) is 0 Å². The first-order valence-electron chi connectivity index (χ1n) is 10.2. The van der Waals surface area contributed by atoms with Gasteiger partial charge in [0.05, 0.1) is 16.8 Å². The first-order valence-corrected chi connectivity index (χ1v) is 10.2. The van der Waals surface area contributed by atoms with Gasteiger partial charge in [0.15, 0.2) is 12.4 Å². The van der Waals surface area contributed by atoms with Gasteiger partial charge in [-0.05, 0) is 44.5 Å². The minimum atomic E-state index is -0.536. The molecule has 0 saturated carbocycles. The third kappa shape index (κ3) is 4.38. The van der Waals surface area contributed by atoms with Gasteiger partial charge in [0, 0.05) is 16.5 Å². The largest absolute Gasteiger partial charge is 0.454 e. The topological polar surface area (TPSA) is 56.3 Å². The Bertz CT molecular complexity index is 1290. The minimum absolute atomic E-state index is 0.235. The predicted octanol–water partition coefficient (Wildman–Crippen LogP) is 5.87. The lowest BCUT2D eigenvalue weighted by molar-refractivity contribution is 0.0476. The maximum absolute atomic E-state index is 13.0. The number of aromatic nitrogens is 1. The molecule has 1 aromatic heterocycles. The van der Waals surface area contributed by atoms with Crippen molar-refractivity contribution in [2.24, 2.45) is 0 Å². The molecule has 31 heavy (non-hydrogen) atoms. The van der Waals surface area contributed by atoms with Gasteiger partial charge in [-0.3, -0.25) is 4.79 Å². The fourth-order valence-corrected chi connectivity index (χ4v) is 3.53. The number of carbonyl (C=O) groups excluding carboxylic acids is 2. The number of para-hydroxylation sites is 1. The average Bonchev–Trinajstić information content (AvgIpc) is 2.78. The van der Waals surface area contributed by atoms with Gasteiger partial charge in [-0.2, -0.15) is 0 Å². The molecule has 4 nitrogen and oxygen atoms in total. The molecule has 1 heterocycles. The predicted molar refractivity (Wildman–Crippen MR) is 122 cm³/mol. The molecule has 0 radical (unpaired) electrons. The van der Waals surface area contributed by atoms with Crippen LogP contribution in [-0.4, -0.2) is 23.3 Å². The SMILES string of the molecule is Cc1ccc(C(=O)COC(=O)c2cc(-c3cc(C)ccc3C)nc3ccccc23)cc1. The first-order chi connectivity index (χ1) is 14.9. The monoisotopic (exact) mass is 409 g/mol. The summed E-state index contributed by atoms with van der Waals surface area (Å²) in [6.07, 6.45) is 0. The number of benzene rings is 3. The molecule has 4 aromatic rings. The maximum Gasteiger partial charge on any atom is 0.339 e. The molecule has 0 N–H and O–H groups in total.